The number of nitrogens with one attached hydrogen (secondary N) is 1. The Morgan fingerprint density at radius 3 is 2.64 bits per heavy atom. The molecule has 1 aromatic heterocycles. The van der Waals surface area contributed by atoms with Gasteiger partial charge < -0.3 is 20.7 Å². The Morgan fingerprint density at radius 2 is 1.91 bits per heavy atom. The van der Waals surface area contributed by atoms with Gasteiger partial charge in [-0.05, 0) is 62.8 Å². The molecule has 1 aliphatic heterocycles. The highest BCUT2D eigenvalue weighted by Gasteiger charge is 2.19. The molecule has 1 saturated heterocycles. The van der Waals surface area contributed by atoms with E-state index in [4.69, 9.17) is 10.5 Å². The van der Waals surface area contributed by atoms with E-state index in [1.807, 2.05) is 48.5 Å². The van der Waals surface area contributed by atoms with Crippen LogP contribution >= 0.6 is 0 Å². The summed E-state index contributed by atoms with van der Waals surface area (Å²) in [7, 11) is 2.10. The molecule has 0 aliphatic carbocycles. The van der Waals surface area contributed by atoms with Crippen LogP contribution in [0.15, 0.2) is 60.8 Å². The van der Waals surface area contributed by atoms with Crippen LogP contribution in [0.2, 0.25) is 0 Å². The molecule has 33 heavy (non-hydrogen) atoms. The SMILES string of the molecule is CN1CCC(NC(=O)c2ccc(-c3cnc(N)c(OCc4ccccc4C#N)c3)cc2)CC1. The van der Waals surface area contributed by atoms with Crippen LogP contribution in [0.25, 0.3) is 11.1 Å². The average molecular weight is 442 g/mol. The van der Waals surface area contributed by atoms with Gasteiger partial charge in [0.25, 0.3) is 5.91 Å². The number of rotatable bonds is 6. The molecule has 0 spiro atoms. The van der Waals surface area contributed by atoms with Crippen LogP contribution in [0, 0.1) is 11.3 Å². The third-order valence-corrected chi connectivity index (χ3v) is 5.94. The van der Waals surface area contributed by atoms with Crippen LogP contribution in [0.3, 0.4) is 0 Å². The minimum Gasteiger partial charge on any atom is -0.485 e. The van der Waals surface area contributed by atoms with Crippen molar-refractivity contribution in [2.24, 2.45) is 0 Å². The molecule has 3 N–H and O–H groups in total. The highest BCUT2D eigenvalue weighted by atomic mass is 16.5. The number of benzene rings is 2. The first-order chi connectivity index (χ1) is 16.0. The molecule has 7 heteroatoms. The van der Waals surface area contributed by atoms with E-state index < -0.39 is 0 Å². The Hall–Kier alpha value is -3.89. The van der Waals surface area contributed by atoms with Crippen LogP contribution in [-0.4, -0.2) is 42.0 Å². The Bertz CT molecular complexity index is 1160. The summed E-state index contributed by atoms with van der Waals surface area (Å²) in [6.45, 7) is 2.22. The molecule has 2 heterocycles. The Balaban J connectivity index is 1.43. The topological polar surface area (TPSA) is 104 Å². The van der Waals surface area contributed by atoms with E-state index in [9.17, 15) is 10.1 Å². The van der Waals surface area contributed by atoms with Crippen LogP contribution in [0.4, 0.5) is 5.82 Å². The zero-order chi connectivity index (χ0) is 23.2. The lowest BCUT2D eigenvalue weighted by Crippen LogP contribution is -2.43. The Labute approximate surface area is 193 Å². The van der Waals surface area contributed by atoms with Gasteiger partial charge in [0.2, 0.25) is 0 Å². The van der Waals surface area contributed by atoms with Crippen molar-refractivity contribution in [3.8, 4) is 22.9 Å². The molecule has 2 aromatic carbocycles. The number of likely N-dealkylation sites (tertiary alicyclic amines) is 1. The molecule has 1 aliphatic rings. The maximum Gasteiger partial charge on any atom is 0.251 e. The lowest BCUT2D eigenvalue weighted by Gasteiger charge is -2.29. The number of piperidine rings is 1. The Kier molecular flexibility index (Phi) is 6.86. The average Bonchev–Trinajstić information content (AvgIpc) is 2.85. The zero-order valence-electron chi connectivity index (χ0n) is 18.6. The van der Waals surface area contributed by atoms with Gasteiger partial charge >= 0.3 is 0 Å². The molecule has 7 nitrogen and oxygen atoms in total. The standard InChI is InChI=1S/C26H27N5O2/c1-31-12-10-23(11-13-31)30-26(32)19-8-6-18(7-9-19)22-14-24(25(28)29-16-22)33-17-21-5-3-2-4-20(21)15-27/h2-9,14,16,23H,10-13,17H2,1H3,(H2,28,29)(H,30,32). The molecule has 1 amide bonds. The number of nitrogens with zero attached hydrogens (tertiary/aromatic N) is 3. The minimum absolute atomic E-state index is 0.0493. The predicted octanol–water partition coefficient (Wildman–Crippen LogP) is 3.61. The second kappa shape index (κ2) is 10.2. The minimum atomic E-state index is -0.0493. The van der Waals surface area contributed by atoms with Crippen molar-refractivity contribution in [1.82, 2.24) is 15.2 Å². The molecule has 0 unspecified atom stereocenters. The number of carbonyl (C=O) groups excluding carboxylic acids is 1. The molecule has 0 saturated carbocycles. The van der Waals surface area contributed by atoms with Crippen LogP contribution in [-0.2, 0) is 6.61 Å². The highest BCUT2D eigenvalue weighted by Crippen LogP contribution is 2.28. The second-order valence-corrected chi connectivity index (χ2v) is 8.29. The van der Waals surface area contributed by atoms with Crippen molar-refractivity contribution in [1.29, 1.82) is 5.26 Å². The second-order valence-electron chi connectivity index (χ2n) is 8.29. The zero-order valence-corrected chi connectivity index (χ0v) is 18.6. The van der Waals surface area contributed by atoms with Gasteiger partial charge in [-0.2, -0.15) is 5.26 Å². The number of pyridine rings is 1. The van der Waals surface area contributed by atoms with E-state index in [1.54, 1.807) is 12.3 Å². The van der Waals surface area contributed by atoms with E-state index in [1.165, 1.54) is 0 Å². The van der Waals surface area contributed by atoms with Crippen LogP contribution in [0.5, 0.6) is 5.75 Å². The fourth-order valence-corrected chi connectivity index (χ4v) is 3.88. The maximum absolute atomic E-state index is 12.6. The quantitative estimate of drug-likeness (QED) is 0.606. The van der Waals surface area contributed by atoms with Gasteiger partial charge in [0, 0.05) is 28.9 Å². The molecule has 0 bridgehead atoms. The van der Waals surface area contributed by atoms with Gasteiger partial charge in [0.1, 0.15) is 6.61 Å². The lowest BCUT2D eigenvalue weighted by atomic mass is 10.0. The van der Waals surface area contributed by atoms with Crippen molar-refractivity contribution >= 4 is 11.7 Å². The van der Waals surface area contributed by atoms with Crippen molar-refractivity contribution in [3.05, 3.63) is 77.5 Å². The summed E-state index contributed by atoms with van der Waals surface area (Å²) in [5, 5.41) is 12.4. The maximum atomic E-state index is 12.6. The van der Waals surface area contributed by atoms with Crippen LogP contribution in [0.1, 0.15) is 34.3 Å². The molecule has 1 fully saturated rings. The smallest absolute Gasteiger partial charge is 0.251 e. The fraction of sp³-hybridized carbons (Fsp3) is 0.269. The van der Waals surface area contributed by atoms with Crippen molar-refractivity contribution < 1.29 is 9.53 Å². The number of nitrogens with two attached hydrogens (primary N) is 1. The van der Waals surface area contributed by atoms with Crippen molar-refractivity contribution in [2.75, 3.05) is 25.9 Å². The number of carbonyl (C=O) groups is 1. The van der Waals surface area contributed by atoms with E-state index >= 15 is 0 Å². The van der Waals surface area contributed by atoms with Gasteiger partial charge in [-0.3, -0.25) is 4.79 Å². The van der Waals surface area contributed by atoms with E-state index in [-0.39, 0.29) is 24.4 Å². The molecule has 0 atom stereocenters. The number of nitrogen functional groups attached to an aromatic ring is 1. The number of hydrogen-bond donors (Lipinski definition) is 2. The van der Waals surface area contributed by atoms with Gasteiger partial charge in [-0.1, -0.05) is 30.3 Å². The number of ether oxygens (including phenoxy) is 1. The third-order valence-electron chi connectivity index (χ3n) is 5.94. The molecule has 0 radical (unpaired) electrons. The summed E-state index contributed by atoms with van der Waals surface area (Å²) < 4.78 is 5.88. The summed E-state index contributed by atoms with van der Waals surface area (Å²) >= 11 is 0. The van der Waals surface area contributed by atoms with Crippen molar-refractivity contribution in [2.45, 2.75) is 25.5 Å². The summed E-state index contributed by atoms with van der Waals surface area (Å²) in [6, 6.07) is 18.9. The third kappa shape index (κ3) is 5.48. The number of anilines is 1. The fourth-order valence-electron chi connectivity index (χ4n) is 3.88. The number of amides is 1. The molecule has 3 aromatic rings. The normalized spacial score (nSPS) is 14.4. The van der Waals surface area contributed by atoms with Crippen molar-refractivity contribution in [3.63, 3.8) is 0 Å². The highest BCUT2D eigenvalue weighted by molar-refractivity contribution is 5.94. The van der Waals surface area contributed by atoms with E-state index in [0.29, 0.717) is 16.9 Å². The lowest BCUT2D eigenvalue weighted by molar-refractivity contribution is 0.0917. The summed E-state index contributed by atoms with van der Waals surface area (Å²) in [6.07, 6.45) is 3.62. The molecular weight excluding hydrogens is 414 g/mol. The first-order valence-electron chi connectivity index (χ1n) is 11.0. The van der Waals surface area contributed by atoms with Gasteiger partial charge in [0.15, 0.2) is 11.6 Å². The number of aromatic nitrogens is 1. The largest absolute Gasteiger partial charge is 0.485 e. The van der Waals surface area contributed by atoms with E-state index in [2.05, 4.69) is 28.3 Å². The van der Waals surface area contributed by atoms with Gasteiger partial charge in [-0.25, -0.2) is 4.98 Å². The summed E-state index contributed by atoms with van der Waals surface area (Å²) in [4.78, 5) is 19.1. The summed E-state index contributed by atoms with van der Waals surface area (Å²) in [5.74, 6) is 0.679. The summed E-state index contributed by atoms with van der Waals surface area (Å²) in [5.41, 5.74) is 9.72. The monoisotopic (exact) mass is 441 g/mol. The Morgan fingerprint density at radius 1 is 1.18 bits per heavy atom. The molecule has 4 rings (SSSR count). The van der Waals surface area contributed by atoms with E-state index in [0.717, 1.165) is 42.6 Å². The van der Waals surface area contributed by atoms with Gasteiger partial charge in [-0.15, -0.1) is 0 Å². The first kappa shape index (κ1) is 22.3. The van der Waals surface area contributed by atoms with Crippen LogP contribution < -0.4 is 15.8 Å². The number of hydrogen-bond acceptors (Lipinski definition) is 6. The number of nitriles is 1. The molecule has 168 valence electrons. The first-order valence-corrected chi connectivity index (χ1v) is 11.0. The molecular formula is C26H27N5O2. The predicted molar refractivity (Wildman–Crippen MR) is 128 cm³/mol. The van der Waals surface area contributed by atoms with Gasteiger partial charge in [0.05, 0.1) is 11.6 Å².